The van der Waals surface area contributed by atoms with E-state index in [1.165, 1.54) is 6.07 Å². The van der Waals surface area contributed by atoms with Gasteiger partial charge in [0.15, 0.2) is 0 Å². The molecule has 1 amide bonds. The van der Waals surface area contributed by atoms with E-state index < -0.39 is 11.9 Å². The average Bonchev–Trinajstić information content (AvgIpc) is 2.88. The third kappa shape index (κ3) is 6.16. The lowest BCUT2D eigenvalue weighted by molar-refractivity contribution is 0.0699. The molecule has 36 heavy (non-hydrogen) atoms. The summed E-state index contributed by atoms with van der Waals surface area (Å²) in [7, 11) is 0. The Kier molecular flexibility index (Phi) is 7.78. The third-order valence-corrected chi connectivity index (χ3v) is 6.11. The fourth-order valence-electron chi connectivity index (χ4n) is 3.87. The Morgan fingerprint density at radius 1 is 1.00 bits per heavy atom. The number of halogens is 1. The molecule has 6 nitrogen and oxygen atoms in total. The number of pyridine rings is 1. The molecule has 1 atom stereocenters. The van der Waals surface area contributed by atoms with Gasteiger partial charge in [-0.05, 0) is 60.4 Å². The van der Waals surface area contributed by atoms with Crippen molar-refractivity contribution in [2.45, 2.75) is 19.4 Å². The van der Waals surface area contributed by atoms with Gasteiger partial charge in [-0.15, -0.1) is 0 Å². The molecule has 4 rings (SSSR count). The van der Waals surface area contributed by atoms with E-state index in [1.807, 2.05) is 61.5 Å². The highest BCUT2D eigenvalue weighted by atomic mass is 35.5. The van der Waals surface area contributed by atoms with Crippen molar-refractivity contribution in [2.75, 3.05) is 6.54 Å². The molecule has 1 unspecified atom stereocenters. The van der Waals surface area contributed by atoms with E-state index >= 15 is 0 Å². The quantitative estimate of drug-likeness (QED) is 0.283. The number of nitrogens with one attached hydrogen (secondary N) is 1. The smallest absolute Gasteiger partial charge is 0.336 e. The van der Waals surface area contributed by atoms with Gasteiger partial charge in [-0.25, -0.2) is 9.78 Å². The predicted molar refractivity (Wildman–Crippen MR) is 144 cm³/mol. The lowest BCUT2D eigenvalue weighted by atomic mass is 10.0. The molecule has 0 fully saturated rings. The zero-order valence-electron chi connectivity index (χ0n) is 19.7. The maximum absolute atomic E-state index is 13.0. The van der Waals surface area contributed by atoms with Crippen molar-refractivity contribution >= 4 is 46.5 Å². The van der Waals surface area contributed by atoms with Gasteiger partial charge in [0.1, 0.15) is 5.69 Å². The maximum Gasteiger partial charge on any atom is 0.336 e. The Labute approximate surface area is 214 Å². The van der Waals surface area contributed by atoms with Gasteiger partial charge in [0, 0.05) is 23.0 Å². The SMILES string of the molecule is Cc1ccc(CC(CN)NC(=O)c2cc(C(=O)O)c3cc(/C=C/c4ccc(Cl)cc4)ccc3n2)cc1. The fourth-order valence-corrected chi connectivity index (χ4v) is 3.99. The van der Waals surface area contributed by atoms with E-state index in [-0.39, 0.29) is 23.8 Å². The Bertz CT molecular complexity index is 1430. The molecular weight excluding hydrogens is 474 g/mol. The molecule has 3 aromatic carbocycles. The molecule has 0 saturated carbocycles. The van der Waals surface area contributed by atoms with Crippen LogP contribution in [0, 0.1) is 6.92 Å². The first-order valence-corrected chi connectivity index (χ1v) is 11.9. The van der Waals surface area contributed by atoms with Gasteiger partial charge in [-0.2, -0.15) is 0 Å². The largest absolute Gasteiger partial charge is 0.478 e. The van der Waals surface area contributed by atoms with Crippen LogP contribution in [-0.2, 0) is 6.42 Å². The Hall–Kier alpha value is -4.00. The Balaban J connectivity index is 1.58. The second-order valence-corrected chi connectivity index (χ2v) is 9.05. The van der Waals surface area contributed by atoms with Crippen LogP contribution in [0.25, 0.3) is 23.1 Å². The van der Waals surface area contributed by atoms with Crippen LogP contribution < -0.4 is 11.1 Å². The summed E-state index contributed by atoms with van der Waals surface area (Å²) in [5.74, 6) is -1.60. The number of fused-ring (bicyclic) bond motifs is 1. The summed E-state index contributed by atoms with van der Waals surface area (Å²) in [5, 5.41) is 13.8. The average molecular weight is 500 g/mol. The van der Waals surface area contributed by atoms with Crippen LogP contribution in [0.3, 0.4) is 0 Å². The zero-order valence-corrected chi connectivity index (χ0v) is 20.5. The molecule has 7 heteroatoms. The van der Waals surface area contributed by atoms with Crippen molar-refractivity contribution < 1.29 is 14.7 Å². The second kappa shape index (κ2) is 11.2. The molecule has 182 valence electrons. The number of aromatic nitrogens is 1. The molecule has 0 bridgehead atoms. The number of aryl methyl sites for hydroxylation is 1. The first kappa shape index (κ1) is 25.1. The number of hydrogen-bond donors (Lipinski definition) is 3. The van der Waals surface area contributed by atoms with Crippen molar-refractivity contribution in [3.05, 3.63) is 111 Å². The third-order valence-electron chi connectivity index (χ3n) is 5.86. The van der Waals surface area contributed by atoms with Crippen molar-refractivity contribution in [3.8, 4) is 0 Å². The van der Waals surface area contributed by atoms with Gasteiger partial charge < -0.3 is 16.2 Å². The van der Waals surface area contributed by atoms with Crippen LogP contribution in [0.15, 0.2) is 72.8 Å². The van der Waals surface area contributed by atoms with Gasteiger partial charge in [0.05, 0.1) is 11.1 Å². The van der Waals surface area contributed by atoms with Crippen LogP contribution >= 0.6 is 11.6 Å². The number of nitrogens with two attached hydrogens (primary N) is 1. The summed E-state index contributed by atoms with van der Waals surface area (Å²) in [6.45, 7) is 2.25. The van der Waals surface area contributed by atoms with Crippen molar-refractivity contribution in [3.63, 3.8) is 0 Å². The van der Waals surface area contributed by atoms with Crippen LogP contribution in [0.5, 0.6) is 0 Å². The number of aromatic carboxylic acids is 1. The second-order valence-electron chi connectivity index (χ2n) is 8.62. The number of carbonyl (C=O) groups excluding carboxylic acids is 1. The van der Waals surface area contributed by atoms with E-state index in [4.69, 9.17) is 17.3 Å². The zero-order chi connectivity index (χ0) is 25.7. The highest BCUT2D eigenvalue weighted by Gasteiger charge is 2.19. The van der Waals surface area contributed by atoms with Crippen LogP contribution in [0.4, 0.5) is 0 Å². The minimum atomic E-state index is -1.13. The topological polar surface area (TPSA) is 105 Å². The fraction of sp³-hybridized carbons (Fsp3) is 0.138. The molecular formula is C29H26ClN3O3. The summed E-state index contributed by atoms with van der Waals surface area (Å²) in [6.07, 6.45) is 4.35. The van der Waals surface area contributed by atoms with Gasteiger partial charge in [0.25, 0.3) is 5.91 Å². The van der Waals surface area contributed by atoms with E-state index in [2.05, 4.69) is 10.3 Å². The molecule has 1 aromatic heterocycles. The Morgan fingerprint density at radius 3 is 2.33 bits per heavy atom. The monoisotopic (exact) mass is 499 g/mol. The number of hydrogen-bond acceptors (Lipinski definition) is 4. The minimum Gasteiger partial charge on any atom is -0.478 e. The number of rotatable bonds is 8. The number of carbonyl (C=O) groups is 2. The first-order chi connectivity index (χ1) is 17.3. The summed E-state index contributed by atoms with van der Waals surface area (Å²) in [4.78, 5) is 29.5. The number of carboxylic acids is 1. The molecule has 0 saturated heterocycles. The summed E-state index contributed by atoms with van der Waals surface area (Å²) >= 11 is 5.93. The maximum atomic E-state index is 13.0. The molecule has 0 aliphatic carbocycles. The van der Waals surface area contributed by atoms with E-state index in [0.717, 1.165) is 22.3 Å². The number of amides is 1. The molecule has 0 spiro atoms. The number of nitrogens with zero attached hydrogens (tertiary/aromatic N) is 1. The van der Waals surface area contributed by atoms with Crippen LogP contribution in [-0.4, -0.2) is 34.6 Å². The molecule has 4 N–H and O–H groups in total. The van der Waals surface area contributed by atoms with Gasteiger partial charge in [-0.1, -0.05) is 71.8 Å². The molecule has 0 aliphatic rings. The van der Waals surface area contributed by atoms with Crippen LogP contribution in [0.2, 0.25) is 5.02 Å². The summed E-state index contributed by atoms with van der Waals surface area (Å²) in [5.41, 5.74) is 10.3. The van der Waals surface area contributed by atoms with Gasteiger partial charge >= 0.3 is 5.97 Å². The molecule has 1 heterocycles. The highest BCUT2D eigenvalue weighted by Crippen LogP contribution is 2.22. The first-order valence-electron chi connectivity index (χ1n) is 11.5. The summed E-state index contributed by atoms with van der Waals surface area (Å²) in [6, 6.07) is 21.7. The molecule has 0 aliphatic heterocycles. The Morgan fingerprint density at radius 2 is 1.67 bits per heavy atom. The van der Waals surface area contributed by atoms with Gasteiger partial charge in [-0.3, -0.25) is 4.79 Å². The highest BCUT2D eigenvalue weighted by molar-refractivity contribution is 6.30. The molecule has 0 radical (unpaired) electrons. The van der Waals surface area contributed by atoms with Crippen molar-refractivity contribution in [1.82, 2.24) is 10.3 Å². The van der Waals surface area contributed by atoms with E-state index in [1.54, 1.807) is 24.3 Å². The van der Waals surface area contributed by atoms with Crippen molar-refractivity contribution in [1.29, 1.82) is 0 Å². The minimum absolute atomic E-state index is 0.00901. The lowest BCUT2D eigenvalue weighted by Crippen LogP contribution is -2.42. The standard InChI is InChI=1S/C29H26ClN3O3/c1-18-2-4-20(5-3-18)14-23(17-31)32-28(34)27-16-25(29(35)36)24-15-21(10-13-26(24)33-27)7-6-19-8-11-22(30)12-9-19/h2-13,15-16,23H,14,17,31H2,1H3,(H,32,34)(H,35,36)/b7-6+. The summed E-state index contributed by atoms with van der Waals surface area (Å²) < 4.78 is 0. The number of benzene rings is 3. The predicted octanol–water partition coefficient (Wildman–Crippen LogP) is 5.37. The van der Waals surface area contributed by atoms with Gasteiger partial charge in [0.2, 0.25) is 0 Å². The lowest BCUT2D eigenvalue weighted by Gasteiger charge is -2.17. The normalized spacial score (nSPS) is 12.1. The van der Waals surface area contributed by atoms with Crippen molar-refractivity contribution in [2.24, 2.45) is 5.73 Å². The number of carboxylic acid groups (broad SMARTS) is 1. The van der Waals surface area contributed by atoms with E-state index in [0.29, 0.717) is 22.3 Å². The van der Waals surface area contributed by atoms with Crippen LogP contribution in [0.1, 0.15) is 43.1 Å². The van der Waals surface area contributed by atoms with E-state index in [9.17, 15) is 14.7 Å². The molecule has 4 aromatic rings.